The molecule has 2 heterocycles. The number of rotatable bonds is 3. The van der Waals surface area contributed by atoms with Crippen LogP contribution in [0.25, 0.3) is 10.9 Å². The molecule has 0 unspecified atom stereocenters. The predicted octanol–water partition coefficient (Wildman–Crippen LogP) is 3.32. The minimum Gasteiger partial charge on any atom is -0.454 e. The van der Waals surface area contributed by atoms with Crippen LogP contribution >= 0.6 is 11.6 Å². The van der Waals surface area contributed by atoms with Crippen LogP contribution in [0.5, 0.6) is 11.5 Å². The second-order valence-electron chi connectivity index (χ2n) is 5.60. The number of para-hydroxylation sites is 1. The molecular weight excluding hydrogens is 342 g/mol. The van der Waals surface area contributed by atoms with Crippen LogP contribution in [0.15, 0.2) is 47.7 Å². The third-order valence-electron chi connectivity index (χ3n) is 4.00. The fraction of sp³-hybridized carbons (Fsp3) is 0.111. The van der Waals surface area contributed by atoms with Gasteiger partial charge >= 0.3 is 0 Å². The highest BCUT2D eigenvalue weighted by molar-refractivity contribution is 6.33. The molecule has 0 atom stereocenters. The lowest BCUT2D eigenvalue weighted by molar-refractivity contribution is 0.0956. The normalized spacial score (nSPS) is 12.9. The van der Waals surface area contributed by atoms with Gasteiger partial charge in [-0.3, -0.25) is 4.79 Å². The van der Waals surface area contributed by atoms with E-state index in [-0.39, 0.29) is 12.7 Å². The lowest BCUT2D eigenvalue weighted by Gasteiger charge is -2.02. The first-order chi connectivity index (χ1) is 12.1. The fourth-order valence-corrected chi connectivity index (χ4v) is 2.98. The lowest BCUT2D eigenvalue weighted by Crippen LogP contribution is -2.17. The summed E-state index contributed by atoms with van der Waals surface area (Å²) in [5.41, 5.74) is 4.71. The van der Waals surface area contributed by atoms with Crippen molar-refractivity contribution in [2.24, 2.45) is 12.1 Å². The van der Waals surface area contributed by atoms with Crippen molar-refractivity contribution >= 4 is 34.6 Å². The summed E-state index contributed by atoms with van der Waals surface area (Å²) >= 11 is 6.18. The van der Waals surface area contributed by atoms with E-state index in [1.165, 1.54) is 6.21 Å². The SMILES string of the molecule is Cn1cc(C(=O)N/N=C\c2cc3c(cc2Cl)OCO3)c2ccccc21. The van der Waals surface area contributed by atoms with E-state index in [1.807, 2.05) is 35.9 Å². The zero-order valence-electron chi connectivity index (χ0n) is 13.3. The number of carbonyl (C=O) groups is 1. The van der Waals surface area contributed by atoms with Crippen molar-refractivity contribution in [1.82, 2.24) is 9.99 Å². The van der Waals surface area contributed by atoms with Crippen LogP contribution in [-0.2, 0) is 7.05 Å². The lowest BCUT2D eigenvalue weighted by atomic mass is 10.2. The number of fused-ring (bicyclic) bond motifs is 2. The van der Waals surface area contributed by atoms with Crippen molar-refractivity contribution in [3.63, 3.8) is 0 Å². The molecule has 0 saturated heterocycles. The highest BCUT2D eigenvalue weighted by Gasteiger charge is 2.16. The second kappa shape index (κ2) is 6.14. The van der Waals surface area contributed by atoms with Gasteiger partial charge in [-0.1, -0.05) is 29.8 Å². The first kappa shape index (κ1) is 15.5. The van der Waals surface area contributed by atoms with Crippen molar-refractivity contribution in [1.29, 1.82) is 0 Å². The molecule has 7 heteroatoms. The zero-order chi connectivity index (χ0) is 17.4. The van der Waals surface area contributed by atoms with Gasteiger partial charge in [-0.25, -0.2) is 5.43 Å². The average molecular weight is 356 g/mol. The number of hydrazone groups is 1. The molecule has 25 heavy (non-hydrogen) atoms. The summed E-state index contributed by atoms with van der Waals surface area (Å²) in [7, 11) is 1.90. The van der Waals surface area contributed by atoms with Crippen molar-refractivity contribution in [2.45, 2.75) is 0 Å². The molecule has 4 rings (SSSR count). The first-order valence-corrected chi connectivity index (χ1v) is 7.98. The number of benzene rings is 2. The number of aryl methyl sites for hydroxylation is 1. The van der Waals surface area contributed by atoms with E-state index in [0.29, 0.717) is 27.6 Å². The molecule has 0 radical (unpaired) electrons. The molecule has 6 nitrogen and oxygen atoms in total. The Morgan fingerprint density at radius 3 is 2.88 bits per heavy atom. The Hall–Kier alpha value is -2.99. The Labute approximate surface area is 148 Å². The average Bonchev–Trinajstić information content (AvgIpc) is 3.19. The number of aromatic nitrogens is 1. The van der Waals surface area contributed by atoms with E-state index in [2.05, 4.69) is 10.5 Å². The van der Waals surface area contributed by atoms with E-state index in [4.69, 9.17) is 21.1 Å². The van der Waals surface area contributed by atoms with Gasteiger partial charge in [-0.05, 0) is 12.1 Å². The van der Waals surface area contributed by atoms with Gasteiger partial charge in [0.25, 0.3) is 5.91 Å². The number of ether oxygens (including phenoxy) is 2. The van der Waals surface area contributed by atoms with Crippen molar-refractivity contribution in [2.75, 3.05) is 6.79 Å². The summed E-state index contributed by atoms with van der Waals surface area (Å²) in [6.07, 6.45) is 3.26. The van der Waals surface area contributed by atoms with Crippen LogP contribution in [0.2, 0.25) is 5.02 Å². The molecule has 1 aliphatic rings. The van der Waals surface area contributed by atoms with Crippen LogP contribution in [-0.4, -0.2) is 23.5 Å². The number of amides is 1. The van der Waals surface area contributed by atoms with Crippen LogP contribution in [0, 0.1) is 0 Å². The van der Waals surface area contributed by atoms with Gasteiger partial charge in [0.2, 0.25) is 6.79 Å². The highest BCUT2D eigenvalue weighted by atomic mass is 35.5. The van der Waals surface area contributed by atoms with Gasteiger partial charge in [-0.15, -0.1) is 0 Å². The summed E-state index contributed by atoms with van der Waals surface area (Å²) in [6, 6.07) is 11.1. The quantitative estimate of drug-likeness (QED) is 0.579. The Morgan fingerprint density at radius 2 is 2.04 bits per heavy atom. The number of nitrogens with zero attached hydrogens (tertiary/aromatic N) is 2. The van der Waals surface area contributed by atoms with Gasteiger partial charge in [0.15, 0.2) is 11.5 Å². The van der Waals surface area contributed by atoms with Gasteiger partial charge in [0.1, 0.15) is 0 Å². The van der Waals surface area contributed by atoms with Crippen LogP contribution in [0.4, 0.5) is 0 Å². The summed E-state index contributed by atoms with van der Waals surface area (Å²) < 4.78 is 12.5. The molecular formula is C18H14ClN3O3. The summed E-state index contributed by atoms with van der Waals surface area (Å²) in [5, 5.41) is 5.34. The van der Waals surface area contributed by atoms with E-state index in [0.717, 1.165) is 10.9 Å². The Morgan fingerprint density at radius 1 is 1.28 bits per heavy atom. The number of hydrogen-bond donors (Lipinski definition) is 1. The molecule has 0 spiro atoms. The van der Waals surface area contributed by atoms with Crippen LogP contribution in [0.3, 0.4) is 0 Å². The molecule has 0 saturated carbocycles. The Bertz CT molecular complexity index is 1010. The molecule has 1 aliphatic heterocycles. The van der Waals surface area contributed by atoms with Crippen LogP contribution in [0.1, 0.15) is 15.9 Å². The Kier molecular flexibility index (Phi) is 3.82. The smallest absolute Gasteiger partial charge is 0.273 e. The molecule has 0 bridgehead atoms. The van der Waals surface area contributed by atoms with Crippen molar-refractivity contribution < 1.29 is 14.3 Å². The molecule has 3 aromatic rings. The summed E-state index contributed by atoms with van der Waals surface area (Å²) in [6.45, 7) is 0.171. The topological polar surface area (TPSA) is 64.9 Å². The number of hydrogen-bond acceptors (Lipinski definition) is 4. The summed E-state index contributed by atoms with van der Waals surface area (Å²) in [5.74, 6) is 0.915. The molecule has 1 aromatic heterocycles. The maximum Gasteiger partial charge on any atom is 0.273 e. The van der Waals surface area contributed by atoms with E-state index in [9.17, 15) is 4.79 Å². The fourth-order valence-electron chi connectivity index (χ4n) is 2.78. The van der Waals surface area contributed by atoms with Crippen molar-refractivity contribution in [3.8, 4) is 11.5 Å². The molecule has 1 amide bonds. The zero-order valence-corrected chi connectivity index (χ0v) is 14.1. The summed E-state index contributed by atoms with van der Waals surface area (Å²) in [4.78, 5) is 12.4. The van der Waals surface area contributed by atoms with Gasteiger partial charge in [-0.2, -0.15) is 5.10 Å². The van der Waals surface area contributed by atoms with E-state index < -0.39 is 0 Å². The molecule has 1 N–H and O–H groups in total. The molecule has 0 fully saturated rings. The highest BCUT2D eigenvalue weighted by Crippen LogP contribution is 2.36. The number of carbonyl (C=O) groups excluding carboxylic acids is 1. The van der Waals surface area contributed by atoms with E-state index >= 15 is 0 Å². The Balaban J connectivity index is 1.55. The standard InChI is InChI=1S/C18H14ClN3O3/c1-22-9-13(12-4-2-3-5-15(12)22)18(23)21-20-8-11-6-16-17(7-14(11)19)25-10-24-16/h2-9H,10H2,1H3,(H,21,23)/b20-8-. The minimum atomic E-state index is -0.287. The third kappa shape index (κ3) is 2.81. The van der Waals surface area contributed by atoms with Crippen LogP contribution < -0.4 is 14.9 Å². The minimum absolute atomic E-state index is 0.171. The third-order valence-corrected chi connectivity index (χ3v) is 4.33. The van der Waals surface area contributed by atoms with Gasteiger partial charge < -0.3 is 14.0 Å². The first-order valence-electron chi connectivity index (χ1n) is 7.60. The molecule has 2 aromatic carbocycles. The number of nitrogens with one attached hydrogen (secondary N) is 1. The second-order valence-corrected chi connectivity index (χ2v) is 6.00. The molecule has 126 valence electrons. The maximum absolute atomic E-state index is 12.4. The maximum atomic E-state index is 12.4. The monoisotopic (exact) mass is 355 g/mol. The molecule has 0 aliphatic carbocycles. The van der Waals surface area contributed by atoms with Gasteiger partial charge in [0.05, 0.1) is 16.8 Å². The van der Waals surface area contributed by atoms with Gasteiger partial charge in [0, 0.05) is 35.8 Å². The predicted molar refractivity (Wildman–Crippen MR) is 95.6 cm³/mol. The largest absolute Gasteiger partial charge is 0.454 e. The van der Waals surface area contributed by atoms with Crippen molar-refractivity contribution in [3.05, 3.63) is 58.7 Å². The number of halogens is 1. The van der Waals surface area contributed by atoms with E-state index in [1.54, 1.807) is 18.3 Å².